The number of methoxy groups -OCH3 is 1. The molecule has 1 amide bonds. The van der Waals surface area contributed by atoms with Gasteiger partial charge in [0.15, 0.2) is 0 Å². The lowest BCUT2D eigenvalue weighted by atomic mass is 9.89. The molecule has 10 heteroatoms. The summed E-state index contributed by atoms with van der Waals surface area (Å²) in [4.78, 5) is 15.3. The van der Waals surface area contributed by atoms with E-state index < -0.39 is 6.36 Å². The maximum Gasteiger partial charge on any atom is 0.573 e. The summed E-state index contributed by atoms with van der Waals surface area (Å²) in [6.07, 6.45) is -2.19. The van der Waals surface area contributed by atoms with E-state index in [9.17, 15) is 18.0 Å². The second kappa shape index (κ2) is 11.5. The smallest absolute Gasteiger partial charge is 0.481 e. The average molecular weight is 553 g/mol. The number of alkyl halides is 3. The fourth-order valence-corrected chi connectivity index (χ4v) is 5.25. The van der Waals surface area contributed by atoms with Crippen LogP contribution in [-0.2, 0) is 13.0 Å². The van der Waals surface area contributed by atoms with Gasteiger partial charge in [-0.1, -0.05) is 37.3 Å². The first-order chi connectivity index (χ1) is 19.3. The molecule has 210 valence electrons. The number of piperidine rings is 1. The van der Waals surface area contributed by atoms with Crippen molar-refractivity contribution in [1.82, 2.24) is 14.9 Å². The predicted molar refractivity (Wildman–Crippen MR) is 146 cm³/mol. The van der Waals surface area contributed by atoms with E-state index in [0.29, 0.717) is 41.5 Å². The number of rotatable bonds is 8. The summed E-state index contributed by atoms with van der Waals surface area (Å²) in [6, 6.07) is 19.9. The first-order valence-electron chi connectivity index (χ1n) is 13.3. The number of hydrogen-bond donors (Lipinski definition) is 1. The molecule has 1 aliphatic heterocycles. The van der Waals surface area contributed by atoms with E-state index in [2.05, 4.69) is 32.2 Å². The summed E-state index contributed by atoms with van der Waals surface area (Å²) >= 11 is 0. The van der Waals surface area contributed by atoms with Crippen LogP contribution in [0.4, 0.5) is 18.9 Å². The number of carbonyl (C=O) groups excluding carboxylic acids is 1. The molecule has 0 spiro atoms. The molecule has 0 saturated carbocycles. The summed E-state index contributed by atoms with van der Waals surface area (Å²) in [5.74, 6) is 0.580. The fraction of sp³-hybridized carbons (Fsp3) is 0.333. The molecule has 3 heterocycles. The third kappa shape index (κ3) is 6.00. The molecule has 5 rings (SSSR count). The number of nitrogens with one attached hydrogen (secondary N) is 1. The summed E-state index contributed by atoms with van der Waals surface area (Å²) in [5, 5.41) is 7.60. The molecule has 1 N–H and O–H groups in total. The number of aromatic nitrogens is 2. The molecule has 0 unspecified atom stereocenters. The maximum absolute atomic E-state index is 13.1. The molecule has 2 aromatic carbocycles. The van der Waals surface area contributed by atoms with Crippen LogP contribution in [0.5, 0.6) is 11.6 Å². The molecule has 0 radical (unpaired) electrons. The van der Waals surface area contributed by atoms with E-state index in [0.717, 1.165) is 37.2 Å². The Bertz CT molecular complexity index is 1460. The van der Waals surface area contributed by atoms with Crippen molar-refractivity contribution >= 4 is 17.1 Å². The Morgan fingerprint density at radius 1 is 1.02 bits per heavy atom. The maximum atomic E-state index is 13.1. The second-order valence-electron chi connectivity index (χ2n) is 9.77. The van der Waals surface area contributed by atoms with Crippen molar-refractivity contribution in [2.75, 3.05) is 25.1 Å². The van der Waals surface area contributed by atoms with Crippen LogP contribution in [0, 0.1) is 0 Å². The number of ether oxygens (including phenoxy) is 2. The number of aryl methyl sites for hydroxylation is 1. The van der Waals surface area contributed by atoms with Gasteiger partial charge in [-0.25, -0.2) is 0 Å². The highest BCUT2D eigenvalue weighted by molar-refractivity contribution is 6.02. The normalized spacial score (nSPS) is 14.4. The number of anilines is 1. The zero-order valence-electron chi connectivity index (χ0n) is 22.4. The van der Waals surface area contributed by atoms with Crippen LogP contribution >= 0.6 is 0 Å². The van der Waals surface area contributed by atoms with Crippen LogP contribution in [0.1, 0.15) is 52.9 Å². The Hall–Kier alpha value is -4.21. The van der Waals surface area contributed by atoms with E-state index in [1.165, 1.54) is 17.7 Å². The van der Waals surface area contributed by atoms with Crippen LogP contribution in [0.2, 0.25) is 0 Å². The van der Waals surface area contributed by atoms with Crippen molar-refractivity contribution in [3.05, 3.63) is 89.1 Å². The Balaban J connectivity index is 1.16. The fourth-order valence-electron chi connectivity index (χ4n) is 5.25. The number of benzene rings is 2. The van der Waals surface area contributed by atoms with Crippen molar-refractivity contribution in [2.45, 2.75) is 45.0 Å². The minimum absolute atomic E-state index is 0.172. The summed E-state index contributed by atoms with van der Waals surface area (Å²) in [6.45, 7) is 3.99. The highest BCUT2D eigenvalue weighted by Gasteiger charge is 2.31. The number of pyridine rings is 1. The lowest BCUT2D eigenvalue weighted by Crippen LogP contribution is -2.32. The van der Waals surface area contributed by atoms with E-state index in [1.807, 2.05) is 31.2 Å². The number of halogens is 3. The van der Waals surface area contributed by atoms with Gasteiger partial charge in [0.25, 0.3) is 5.91 Å². The highest BCUT2D eigenvalue weighted by Crippen LogP contribution is 2.32. The highest BCUT2D eigenvalue weighted by atomic mass is 19.4. The molecule has 0 bridgehead atoms. The van der Waals surface area contributed by atoms with Gasteiger partial charge in [0, 0.05) is 31.4 Å². The minimum Gasteiger partial charge on any atom is -0.481 e. The summed E-state index contributed by atoms with van der Waals surface area (Å²) < 4.78 is 48.2. The lowest BCUT2D eigenvalue weighted by molar-refractivity contribution is -0.274. The number of amides is 1. The molecule has 0 atom stereocenters. The second-order valence-corrected chi connectivity index (χ2v) is 9.77. The molecule has 1 fully saturated rings. The van der Waals surface area contributed by atoms with Gasteiger partial charge < -0.3 is 19.7 Å². The van der Waals surface area contributed by atoms with Gasteiger partial charge in [-0.05, 0) is 66.6 Å². The van der Waals surface area contributed by atoms with E-state index >= 15 is 0 Å². The molecule has 40 heavy (non-hydrogen) atoms. The number of nitrogens with zero attached hydrogens (tertiary/aromatic N) is 3. The zero-order valence-corrected chi connectivity index (χ0v) is 22.4. The summed E-state index contributed by atoms with van der Waals surface area (Å²) in [7, 11) is 1.58. The minimum atomic E-state index is -4.69. The first kappa shape index (κ1) is 27.4. The van der Waals surface area contributed by atoms with Gasteiger partial charge in [-0.3, -0.25) is 4.79 Å². The van der Waals surface area contributed by atoms with Crippen molar-refractivity contribution in [1.29, 1.82) is 0 Å². The topological polar surface area (TPSA) is 68.1 Å². The van der Waals surface area contributed by atoms with Crippen molar-refractivity contribution in [2.24, 2.45) is 0 Å². The van der Waals surface area contributed by atoms with Crippen LogP contribution in [0.3, 0.4) is 0 Å². The molecular weight excluding hydrogens is 521 g/mol. The Morgan fingerprint density at radius 3 is 2.35 bits per heavy atom. The van der Waals surface area contributed by atoms with Crippen molar-refractivity contribution in [3.8, 4) is 11.6 Å². The summed E-state index contributed by atoms with van der Waals surface area (Å²) in [5.41, 5.74) is 5.12. The van der Waals surface area contributed by atoms with Crippen LogP contribution in [-0.4, -0.2) is 42.1 Å². The molecule has 2 aromatic heterocycles. The van der Waals surface area contributed by atoms with Crippen LogP contribution in [0.15, 0.2) is 66.7 Å². The van der Waals surface area contributed by atoms with Crippen LogP contribution in [0.25, 0.3) is 5.52 Å². The molecule has 1 aliphatic rings. The molecule has 4 aromatic rings. The standard InChI is InChI=1S/C30H31F3N4O3/c1-3-25-28(26-5-4-6-27(39-2)37(26)35-25)29(38)34-19-20-7-9-21(10-8-20)22-15-17-36(18-16-22)23-11-13-24(14-12-23)40-30(31,32)33/h4-14,22H,3,15-19H2,1-2H3,(H,34,38). The Labute approximate surface area is 230 Å². The van der Waals surface area contributed by atoms with Gasteiger partial charge in [-0.2, -0.15) is 9.61 Å². The third-order valence-corrected chi connectivity index (χ3v) is 7.30. The molecular formula is C30H31F3N4O3. The van der Waals surface area contributed by atoms with Gasteiger partial charge in [0.1, 0.15) is 5.75 Å². The quantitative estimate of drug-likeness (QED) is 0.285. The van der Waals surface area contributed by atoms with E-state index in [-0.39, 0.29) is 11.7 Å². The Morgan fingerprint density at radius 2 is 1.73 bits per heavy atom. The number of hydrogen-bond acceptors (Lipinski definition) is 5. The molecule has 7 nitrogen and oxygen atoms in total. The Kier molecular flexibility index (Phi) is 7.86. The van der Waals surface area contributed by atoms with Gasteiger partial charge in [0.2, 0.25) is 5.88 Å². The first-order valence-corrected chi connectivity index (χ1v) is 13.3. The SMILES string of the molecule is CCc1nn2c(OC)cccc2c1C(=O)NCc1ccc(C2CCN(c3ccc(OC(F)(F)F)cc3)CC2)cc1. The van der Waals surface area contributed by atoms with Gasteiger partial charge in [-0.15, -0.1) is 13.2 Å². The largest absolute Gasteiger partial charge is 0.573 e. The number of fused-ring (bicyclic) bond motifs is 1. The monoisotopic (exact) mass is 552 g/mol. The zero-order chi connectivity index (χ0) is 28.3. The third-order valence-electron chi connectivity index (χ3n) is 7.30. The van der Waals surface area contributed by atoms with Crippen LogP contribution < -0.4 is 19.7 Å². The predicted octanol–water partition coefficient (Wildman–Crippen LogP) is 6.12. The van der Waals surface area contributed by atoms with Gasteiger partial charge >= 0.3 is 6.36 Å². The number of carbonyl (C=O) groups is 1. The van der Waals surface area contributed by atoms with E-state index in [4.69, 9.17) is 4.74 Å². The van der Waals surface area contributed by atoms with Crippen molar-refractivity contribution in [3.63, 3.8) is 0 Å². The van der Waals surface area contributed by atoms with Gasteiger partial charge in [0.05, 0.1) is 23.9 Å². The lowest BCUT2D eigenvalue weighted by Gasteiger charge is -2.34. The molecule has 1 saturated heterocycles. The van der Waals surface area contributed by atoms with Crippen molar-refractivity contribution < 1.29 is 27.4 Å². The average Bonchev–Trinajstić information content (AvgIpc) is 3.35. The molecule has 0 aliphatic carbocycles. The van der Waals surface area contributed by atoms with E-state index in [1.54, 1.807) is 29.8 Å².